The molecular weight excluding hydrogens is 236 g/mol. The number of aryl methyl sites for hydroxylation is 4. The molecule has 0 aliphatic carbocycles. The first-order valence-corrected chi connectivity index (χ1v) is 6.32. The molecule has 0 saturated carbocycles. The Morgan fingerprint density at radius 3 is 1.95 bits per heavy atom. The number of carbonyl (C=O) groups is 1. The second-order valence-electron chi connectivity index (χ2n) is 5.11. The molecule has 0 aromatic heterocycles. The van der Waals surface area contributed by atoms with Crippen molar-refractivity contribution in [1.29, 1.82) is 0 Å². The predicted molar refractivity (Wildman–Crippen MR) is 77.8 cm³/mol. The van der Waals surface area contributed by atoms with E-state index in [0.29, 0.717) is 5.56 Å². The van der Waals surface area contributed by atoms with Crippen LogP contribution in [0, 0.1) is 27.7 Å². The van der Waals surface area contributed by atoms with Gasteiger partial charge in [0.15, 0.2) is 0 Å². The second kappa shape index (κ2) is 4.88. The maximum Gasteiger partial charge on any atom is 0.335 e. The number of aromatic carboxylic acids is 1. The molecule has 0 atom stereocenters. The zero-order valence-electron chi connectivity index (χ0n) is 11.7. The lowest BCUT2D eigenvalue weighted by atomic mass is 9.90. The van der Waals surface area contributed by atoms with E-state index in [1.807, 2.05) is 13.0 Å². The van der Waals surface area contributed by atoms with Gasteiger partial charge in [0.1, 0.15) is 0 Å². The largest absolute Gasteiger partial charge is 0.478 e. The Bertz CT molecular complexity index is 631. The molecule has 2 aromatic carbocycles. The molecule has 0 heterocycles. The highest BCUT2D eigenvalue weighted by atomic mass is 16.4. The number of benzene rings is 2. The van der Waals surface area contributed by atoms with E-state index in [9.17, 15) is 4.79 Å². The van der Waals surface area contributed by atoms with Crippen LogP contribution in [-0.4, -0.2) is 11.1 Å². The Hall–Kier alpha value is -2.09. The molecule has 2 rings (SSSR count). The summed E-state index contributed by atoms with van der Waals surface area (Å²) in [7, 11) is 0. The van der Waals surface area contributed by atoms with Gasteiger partial charge in [0.25, 0.3) is 0 Å². The van der Waals surface area contributed by atoms with Gasteiger partial charge in [-0.25, -0.2) is 4.79 Å². The molecule has 0 radical (unpaired) electrons. The molecule has 98 valence electrons. The SMILES string of the molecule is Cc1cc(C)c(-c2ccc(C(=O)O)cc2C)c(C)c1. The minimum Gasteiger partial charge on any atom is -0.478 e. The Kier molecular flexibility index (Phi) is 3.43. The normalized spacial score (nSPS) is 10.5. The van der Waals surface area contributed by atoms with Crippen LogP contribution >= 0.6 is 0 Å². The van der Waals surface area contributed by atoms with Crippen LogP contribution in [0.4, 0.5) is 0 Å². The second-order valence-corrected chi connectivity index (χ2v) is 5.11. The van der Waals surface area contributed by atoms with Crippen LogP contribution in [0.2, 0.25) is 0 Å². The summed E-state index contributed by atoms with van der Waals surface area (Å²) in [5.41, 5.74) is 7.35. The summed E-state index contributed by atoms with van der Waals surface area (Å²) < 4.78 is 0. The summed E-state index contributed by atoms with van der Waals surface area (Å²) in [6.45, 7) is 8.24. The van der Waals surface area contributed by atoms with Crippen molar-refractivity contribution < 1.29 is 9.90 Å². The van der Waals surface area contributed by atoms with Crippen LogP contribution in [0.1, 0.15) is 32.6 Å². The molecular formula is C17H18O2. The fraction of sp³-hybridized carbons (Fsp3) is 0.235. The zero-order chi connectivity index (χ0) is 14.2. The molecule has 19 heavy (non-hydrogen) atoms. The molecule has 2 aromatic rings. The summed E-state index contributed by atoms with van der Waals surface area (Å²) in [6.07, 6.45) is 0. The minimum atomic E-state index is -0.882. The highest BCUT2D eigenvalue weighted by molar-refractivity contribution is 5.89. The van der Waals surface area contributed by atoms with Crippen molar-refractivity contribution in [2.24, 2.45) is 0 Å². The third-order valence-corrected chi connectivity index (χ3v) is 3.42. The topological polar surface area (TPSA) is 37.3 Å². The fourth-order valence-electron chi connectivity index (χ4n) is 2.68. The number of hydrogen-bond acceptors (Lipinski definition) is 1. The van der Waals surface area contributed by atoms with Crippen molar-refractivity contribution in [3.63, 3.8) is 0 Å². The van der Waals surface area contributed by atoms with E-state index < -0.39 is 5.97 Å². The fourth-order valence-corrected chi connectivity index (χ4v) is 2.68. The molecule has 2 heteroatoms. The Morgan fingerprint density at radius 1 is 0.895 bits per heavy atom. The van der Waals surface area contributed by atoms with Gasteiger partial charge in [-0.15, -0.1) is 0 Å². The van der Waals surface area contributed by atoms with Crippen LogP contribution in [0.5, 0.6) is 0 Å². The Balaban J connectivity index is 2.63. The molecule has 0 spiro atoms. The third kappa shape index (κ3) is 2.53. The Labute approximate surface area is 113 Å². The lowest BCUT2D eigenvalue weighted by Crippen LogP contribution is -1.98. The van der Waals surface area contributed by atoms with Crippen LogP contribution in [0.15, 0.2) is 30.3 Å². The summed E-state index contributed by atoms with van der Waals surface area (Å²) in [6, 6.07) is 9.63. The van der Waals surface area contributed by atoms with Crippen molar-refractivity contribution in [1.82, 2.24) is 0 Å². The maximum atomic E-state index is 11.0. The minimum absolute atomic E-state index is 0.337. The number of hydrogen-bond donors (Lipinski definition) is 1. The van der Waals surface area contributed by atoms with Gasteiger partial charge >= 0.3 is 5.97 Å². The summed E-state index contributed by atoms with van der Waals surface area (Å²) in [5.74, 6) is -0.882. The molecule has 0 bridgehead atoms. The molecule has 0 fully saturated rings. The van der Waals surface area contributed by atoms with Crippen LogP contribution in [0.3, 0.4) is 0 Å². The van der Waals surface area contributed by atoms with Crippen molar-refractivity contribution in [3.8, 4) is 11.1 Å². The molecule has 2 nitrogen and oxygen atoms in total. The van der Waals surface area contributed by atoms with E-state index in [-0.39, 0.29) is 0 Å². The van der Waals surface area contributed by atoms with Crippen LogP contribution in [0.25, 0.3) is 11.1 Å². The maximum absolute atomic E-state index is 11.0. The number of rotatable bonds is 2. The number of carboxylic acids is 1. The molecule has 0 aliphatic heterocycles. The third-order valence-electron chi connectivity index (χ3n) is 3.42. The van der Waals surface area contributed by atoms with E-state index in [1.165, 1.54) is 22.3 Å². The van der Waals surface area contributed by atoms with Gasteiger partial charge in [-0.3, -0.25) is 0 Å². The van der Waals surface area contributed by atoms with Crippen LogP contribution in [-0.2, 0) is 0 Å². The molecule has 0 saturated heterocycles. The monoisotopic (exact) mass is 254 g/mol. The van der Waals surface area contributed by atoms with E-state index in [0.717, 1.165) is 11.1 Å². The predicted octanol–water partition coefficient (Wildman–Crippen LogP) is 4.29. The quantitative estimate of drug-likeness (QED) is 0.868. The average Bonchev–Trinajstić information content (AvgIpc) is 2.29. The summed E-state index contributed by atoms with van der Waals surface area (Å²) >= 11 is 0. The van der Waals surface area contributed by atoms with Gasteiger partial charge in [-0.05, 0) is 67.6 Å². The highest BCUT2D eigenvalue weighted by Gasteiger charge is 2.11. The smallest absolute Gasteiger partial charge is 0.335 e. The molecule has 0 amide bonds. The van der Waals surface area contributed by atoms with Gasteiger partial charge in [0, 0.05) is 0 Å². The Morgan fingerprint density at radius 2 is 1.47 bits per heavy atom. The van der Waals surface area contributed by atoms with Crippen LogP contribution < -0.4 is 0 Å². The number of carboxylic acid groups (broad SMARTS) is 1. The van der Waals surface area contributed by atoms with Crippen molar-refractivity contribution in [2.75, 3.05) is 0 Å². The van der Waals surface area contributed by atoms with E-state index in [2.05, 4.69) is 32.9 Å². The zero-order valence-corrected chi connectivity index (χ0v) is 11.7. The van der Waals surface area contributed by atoms with Gasteiger partial charge in [0.2, 0.25) is 0 Å². The van der Waals surface area contributed by atoms with E-state index >= 15 is 0 Å². The molecule has 0 aliphatic rings. The van der Waals surface area contributed by atoms with Gasteiger partial charge < -0.3 is 5.11 Å². The first kappa shape index (κ1) is 13.3. The standard InChI is InChI=1S/C17H18O2/c1-10-7-12(3)16(13(4)8-10)15-6-5-14(17(18)19)9-11(15)2/h5-9H,1-4H3,(H,18,19). The summed E-state index contributed by atoms with van der Waals surface area (Å²) in [5, 5.41) is 9.02. The first-order valence-electron chi connectivity index (χ1n) is 6.32. The van der Waals surface area contributed by atoms with E-state index in [1.54, 1.807) is 12.1 Å². The van der Waals surface area contributed by atoms with Gasteiger partial charge in [-0.1, -0.05) is 23.8 Å². The van der Waals surface area contributed by atoms with E-state index in [4.69, 9.17) is 5.11 Å². The summed E-state index contributed by atoms with van der Waals surface area (Å²) in [4.78, 5) is 11.0. The van der Waals surface area contributed by atoms with Crippen molar-refractivity contribution >= 4 is 5.97 Å². The molecule has 1 N–H and O–H groups in total. The average molecular weight is 254 g/mol. The van der Waals surface area contributed by atoms with Crippen molar-refractivity contribution in [3.05, 3.63) is 58.1 Å². The van der Waals surface area contributed by atoms with Crippen molar-refractivity contribution in [2.45, 2.75) is 27.7 Å². The van der Waals surface area contributed by atoms with Gasteiger partial charge in [0.05, 0.1) is 5.56 Å². The first-order chi connectivity index (χ1) is 8.90. The molecule has 0 unspecified atom stereocenters. The highest BCUT2D eigenvalue weighted by Crippen LogP contribution is 2.31. The lowest BCUT2D eigenvalue weighted by molar-refractivity contribution is 0.0697. The van der Waals surface area contributed by atoms with Gasteiger partial charge in [-0.2, -0.15) is 0 Å². The lowest BCUT2D eigenvalue weighted by Gasteiger charge is -2.14.